The van der Waals surface area contributed by atoms with Gasteiger partial charge in [-0.1, -0.05) is 23.4 Å². The zero-order chi connectivity index (χ0) is 23.6. The molecule has 0 aliphatic carbocycles. The molecule has 0 aliphatic rings. The maximum atomic E-state index is 12.6. The van der Waals surface area contributed by atoms with Crippen molar-refractivity contribution in [1.82, 2.24) is 19.9 Å². The molecule has 0 bridgehead atoms. The van der Waals surface area contributed by atoms with Crippen LogP contribution in [0, 0.1) is 0 Å². The normalized spacial score (nSPS) is 11.0. The van der Waals surface area contributed by atoms with Crippen LogP contribution in [0.1, 0.15) is 33.6 Å². The van der Waals surface area contributed by atoms with Crippen LogP contribution >= 0.6 is 23.4 Å². The summed E-state index contributed by atoms with van der Waals surface area (Å²) in [7, 11) is 1.84. The van der Waals surface area contributed by atoms with Crippen molar-refractivity contribution < 1.29 is 24.1 Å². The molecular weight excluding hydrogens is 458 g/mol. The number of aromatic nitrogens is 4. The fourth-order valence-electron chi connectivity index (χ4n) is 3.24. The van der Waals surface area contributed by atoms with Gasteiger partial charge >= 0.3 is 5.97 Å². The number of rotatable bonds is 7. The van der Waals surface area contributed by atoms with Crippen molar-refractivity contribution in [2.45, 2.75) is 20.0 Å². The Balaban J connectivity index is 1.89. The standard InChI is InChI=1S/C19H20ClN7O4S/c1-3-27-11-6-9(19(31)32-8-13(28)29)4-5-10(11)26(2)12(27)7-23-18(30)14-16(21)25-17(22)15(20)24-14/h4-6H,3,7-8H2,1-2H3,(H5-,21,22,23,25,28,29,30)/p+1. The summed E-state index contributed by atoms with van der Waals surface area (Å²) in [5, 5.41) is 11.1. The van der Waals surface area contributed by atoms with Crippen LogP contribution in [0.15, 0.2) is 18.2 Å². The molecule has 1 amide bonds. The monoisotopic (exact) mass is 478 g/mol. The summed E-state index contributed by atoms with van der Waals surface area (Å²) >= 11 is 6.58. The Bertz CT molecular complexity index is 1240. The highest BCUT2D eigenvalue weighted by atomic mass is 35.5. The molecule has 0 spiro atoms. The highest BCUT2D eigenvalue weighted by Crippen LogP contribution is 2.21. The second kappa shape index (κ2) is 9.40. The molecule has 2 heterocycles. The molecule has 13 heteroatoms. The van der Waals surface area contributed by atoms with Gasteiger partial charge in [-0.25, -0.2) is 19.1 Å². The molecule has 168 valence electrons. The van der Waals surface area contributed by atoms with E-state index in [4.69, 9.17) is 28.2 Å². The number of nitrogens with two attached hydrogens (primary N) is 2. The van der Waals surface area contributed by atoms with E-state index in [9.17, 15) is 14.4 Å². The summed E-state index contributed by atoms with van der Waals surface area (Å²) in [5.74, 6) is -1.37. The van der Waals surface area contributed by atoms with Gasteiger partial charge in [0.05, 0.1) is 19.3 Å². The number of carboxylic acid groups (broad SMARTS) is 1. The Morgan fingerprint density at radius 1 is 1.25 bits per heavy atom. The predicted octanol–water partition coefficient (Wildman–Crippen LogP) is 0.982. The lowest BCUT2D eigenvalue weighted by Crippen LogP contribution is -2.38. The number of amides is 1. The van der Waals surface area contributed by atoms with E-state index in [2.05, 4.69) is 15.3 Å². The SMILES string of the molecule is CCn1c(CNC(=O)c2nc(Cl)c(N)nc2N)[n+](C)c2ccc(C(=O)SCC(=O)O)cc21. The van der Waals surface area contributed by atoms with Gasteiger partial charge < -0.3 is 21.9 Å². The van der Waals surface area contributed by atoms with E-state index in [1.165, 1.54) is 0 Å². The van der Waals surface area contributed by atoms with Crippen LogP contribution in [0.5, 0.6) is 0 Å². The Morgan fingerprint density at radius 3 is 2.62 bits per heavy atom. The van der Waals surface area contributed by atoms with E-state index in [0.29, 0.717) is 12.1 Å². The number of carbonyl (C=O) groups excluding carboxylic acids is 2. The molecule has 0 unspecified atom stereocenters. The molecule has 32 heavy (non-hydrogen) atoms. The van der Waals surface area contributed by atoms with Gasteiger partial charge in [0.25, 0.3) is 11.7 Å². The van der Waals surface area contributed by atoms with E-state index in [1.807, 2.05) is 23.1 Å². The number of nitrogens with one attached hydrogen (secondary N) is 1. The van der Waals surface area contributed by atoms with Gasteiger partial charge in [0.2, 0.25) is 5.12 Å². The topological polar surface area (TPSA) is 170 Å². The molecule has 11 nitrogen and oxygen atoms in total. The zero-order valence-electron chi connectivity index (χ0n) is 17.3. The molecule has 3 rings (SSSR count). The molecule has 3 aromatic rings. The molecule has 2 aromatic heterocycles. The first-order chi connectivity index (χ1) is 15.1. The lowest BCUT2D eigenvalue weighted by molar-refractivity contribution is -0.654. The second-order valence-electron chi connectivity index (χ2n) is 6.71. The minimum atomic E-state index is -1.06. The summed E-state index contributed by atoms with van der Waals surface area (Å²) in [6.07, 6.45) is 0. The van der Waals surface area contributed by atoms with Crippen molar-refractivity contribution in [3.8, 4) is 0 Å². The fraction of sp³-hybridized carbons (Fsp3) is 0.263. The minimum absolute atomic E-state index is 0.0647. The van der Waals surface area contributed by atoms with Gasteiger partial charge in [-0.3, -0.25) is 14.4 Å². The van der Waals surface area contributed by atoms with Gasteiger partial charge in [0, 0.05) is 11.6 Å². The van der Waals surface area contributed by atoms with E-state index < -0.39 is 11.9 Å². The van der Waals surface area contributed by atoms with Crippen LogP contribution < -0.4 is 21.4 Å². The largest absolute Gasteiger partial charge is 0.481 e. The number of carboxylic acids is 1. The number of hydrogen-bond donors (Lipinski definition) is 4. The van der Waals surface area contributed by atoms with Gasteiger partial charge in [-0.05, 0) is 19.1 Å². The van der Waals surface area contributed by atoms with Crippen molar-refractivity contribution >= 4 is 63.0 Å². The molecule has 6 N–H and O–H groups in total. The van der Waals surface area contributed by atoms with E-state index in [1.54, 1.807) is 18.2 Å². The number of hydrogen-bond acceptors (Lipinski definition) is 8. The van der Waals surface area contributed by atoms with Crippen LogP contribution in [0.3, 0.4) is 0 Å². The smallest absolute Gasteiger partial charge is 0.313 e. The quantitative estimate of drug-likeness (QED) is 0.361. The number of aliphatic carboxylic acids is 1. The van der Waals surface area contributed by atoms with E-state index >= 15 is 0 Å². The third-order valence-electron chi connectivity index (χ3n) is 4.73. The molecule has 0 aliphatic heterocycles. The average Bonchev–Trinajstić information content (AvgIpc) is 3.03. The average molecular weight is 479 g/mol. The molecular formula is C19H21ClN7O4S+. The Morgan fingerprint density at radius 2 is 1.97 bits per heavy atom. The minimum Gasteiger partial charge on any atom is -0.481 e. The lowest BCUT2D eigenvalue weighted by atomic mass is 10.2. The van der Waals surface area contributed by atoms with Gasteiger partial charge in [0.15, 0.2) is 33.5 Å². The molecule has 0 atom stereocenters. The summed E-state index contributed by atoms with van der Waals surface area (Å²) in [6.45, 7) is 2.64. The number of imidazole rings is 1. The van der Waals surface area contributed by atoms with Crippen LogP contribution in [-0.2, 0) is 24.9 Å². The number of benzene rings is 1. The van der Waals surface area contributed by atoms with E-state index in [0.717, 1.165) is 28.6 Å². The second-order valence-corrected chi connectivity index (χ2v) is 8.02. The first kappa shape index (κ1) is 23.3. The van der Waals surface area contributed by atoms with E-state index in [-0.39, 0.29) is 39.9 Å². The molecule has 0 saturated heterocycles. The van der Waals surface area contributed by atoms with Gasteiger partial charge in [-0.15, -0.1) is 0 Å². The summed E-state index contributed by atoms with van der Waals surface area (Å²) < 4.78 is 3.84. The zero-order valence-corrected chi connectivity index (χ0v) is 18.8. The highest BCUT2D eigenvalue weighted by Gasteiger charge is 2.25. The fourth-order valence-corrected chi connectivity index (χ4v) is 3.91. The molecule has 0 radical (unpaired) electrons. The van der Waals surface area contributed by atoms with Crippen molar-refractivity contribution in [3.05, 3.63) is 40.4 Å². The number of fused-ring (bicyclic) bond motifs is 1. The molecule has 0 saturated carbocycles. The Hall–Kier alpha value is -3.38. The van der Waals surface area contributed by atoms with Crippen molar-refractivity contribution in [3.63, 3.8) is 0 Å². The van der Waals surface area contributed by atoms with Gasteiger partial charge in [0.1, 0.15) is 6.54 Å². The lowest BCUT2D eigenvalue weighted by Gasteiger charge is -2.07. The number of carbonyl (C=O) groups is 3. The predicted molar refractivity (Wildman–Crippen MR) is 120 cm³/mol. The Kier molecular flexibility index (Phi) is 6.84. The van der Waals surface area contributed by atoms with Gasteiger partial charge in [-0.2, -0.15) is 0 Å². The first-order valence-corrected chi connectivity index (χ1v) is 10.8. The number of aryl methyl sites for hydroxylation is 2. The number of anilines is 2. The van der Waals surface area contributed by atoms with Crippen molar-refractivity contribution in [2.75, 3.05) is 17.2 Å². The highest BCUT2D eigenvalue weighted by molar-refractivity contribution is 8.14. The van der Waals surface area contributed by atoms with Crippen molar-refractivity contribution in [1.29, 1.82) is 0 Å². The third kappa shape index (κ3) is 4.60. The number of nitrogens with zero attached hydrogens (tertiary/aromatic N) is 4. The summed E-state index contributed by atoms with van der Waals surface area (Å²) in [4.78, 5) is 43.4. The maximum absolute atomic E-state index is 12.6. The summed E-state index contributed by atoms with van der Waals surface area (Å²) in [6, 6.07) is 5.14. The van der Waals surface area contributed by atoms with Crippen LogP contribution in [0.25, 0.3) is 11.0 Å². The number of nitrogen functional groups attached to an aromatic ring is 2. The van der Waals surface area contributed by atoms with Crippen LogP contribution in [-0.4, -0.2) is 42.4 Å². The van der Waals surface area contributed by atoms with Crippen molar-refractivity contribution in [2.24, 2.45) is 7.05 Å². The number of halogens is 1. The Labute approximate surface area is 191 Å². The molecule has 0 fully saturated rings. The third-order valence-corrected chi connectivity index (χ3v) is 5.90. The molecule has 1 aromatic carbocycles. The first-order valence-electron chi connectivity index (χ1n) is 9.40. The summed E-state index contributed by atoms with van der Waals surface area (Å²) in [5.41, 5.74) is 13.2. The number of thioether (sulfide) groups is 1. The van der Waals surface area contributed by atoms with Crippen LogP contribution in [0.4, 0.5) is 11.6 Å². The maximum Gasteiger partial charge on any atom is 0.313 e. The van der Waals surface area contributed by atoms with Crippen LogP contribution in [0.2, 0.25) is 5.15 Å².